The second kappa shape index (κ2) is 11.2. The van der Waals surface area contributed by atoms with E-state index in [2.05, 4.69) is 11.4 Å². The molecule has 0 saturated carbocycles. The van der Waals surface area contributed by atoms with Crippen molar-refractivity contribution in [1.82, 2.24) is 0 Å². The summed E-state index contributed by atoms with van der Waals surface area (Å²) in [7, 11) is -7.68. The molecule has 0 spiro atoms. The molecule has 10 nitrogen and oxygen atoms in total. The lowest BCUT2D eigenvalue weighted by Crippen LogP contribution is -2.36. The second-order valence-electron chi connectivity index (χ2n) is 6.10. The van der Waals surface area contributed by atoms with Gasteiger partial charge in [-0.05, 0) is 13.3 Å². The second-order valence-corrected chi connectivity index (χ2v) is 9.07. The molecule has 0 aromatic rings. The number of ether oxygens (including phenoxy) is 1. The summed E-state index contributed by atoms with van der Waals surface area (Å²) in [6.07, 6.45) is 0.454. The Kier molecular flexibility index (Phi) is 10.4. The molecule has 1 heterocycles. The largest absolute Gasteiger partial charge is 0.472 e. The summed E-state index contributed by atoms with van der Waals surface area (Å²) in [5.74, 6) is 0. The SMILES string of the molecule is CCCCCCCOP(=O)(O)OC1[C@@H](COP(=O)(O)OC)O[C@@H](C)[C@H]1O. The highest BCUT2D eigenvalue weighted by Gasteiger charge is 2.47. The third-order valence-electron chi connectivity index (χ3n) is 3.96. The van der Waals surface area contributed by atoms with Crippen LogP contribution in [-0.2, 0) is 32.0 Å². The third kappa shape index (κ3) is 8.44. The summed E-state index contributed by atoms with van der Waals surface area (Å²) >= 11 is 0. The maximum atomic E-state index is 12.1. The Bertz CT molecular complexity index is 502. The van der Waals surface area contributed by atoms with Gasteiger partial charge < -0.3 is 19.6 Å². The summed E-state index contributed by atoms with van der Waals surface area (Å²) in [6.45, 7) is 3.20. The van der Waals surface area contributed by atoms with E-state index >= 15 is 0 Å². The number of aliphatic hydroxyl groups is 1. The van der Waals surface area contributed by atoms with Gasteiger partial charge in [0.2, 0.25) is 0 Å². The summed E-state index contributed by atoms with van der Waals surface area (Å²) in [5.41, 5.74) is 0. The lowest BCUT2D eigenvalue weighted by Gasteiger charge is -2.23. The number of hydrogen-bond acceptors (Lipinski definition) is 8. The van der Waals surface area contributed by atoms with Gasteiger partial charge in [0.05, 0.1) is 19.3 Å². The zero-order valence-electron chi connectivity index (χ0n) is 15.4. The highest BCUT2D eigenvalue weighted by atomic mass is 31.2. The Morgan fingerprint density at radius 2 is 1.69 bits per heavy atom. The molecule has 0 bridgehead atoms. The number of hydrogen-bond donors (Lipinski definition) is 3. The van der Waals surface area contributed by atoms with Crippen LogP contribution in [-0.4, -0.2) is 59.6 Å². The Balaban J connectivity index is 2.53. The van der Waals surface area contributed by atoms with E-state index in [1.54, 1.807) is 0 Å². The maximum Gasteiger partial charge on any atom is 0.472 e. The van der Waals surface area contributed by atoms with Crippen molar-refractivity contribution < 1.29 is 46.9 Å². The molecule has 26 heavy (non-hydrogen) atoms. The van der Waals surface area contributed by atoms with Gasteiger partial charge >= 0.3 is 15.6 Å². The molecule has 156 valence electrons. The third-order valence-corrected chi connectivity index (χ3v) is 5.92. The summed E-state index contributed by atoms with van der Waals surface area (Å²) in [4.78, 5) is 19.1. The van der Waals surface area contributed by atoms with E-state index in [0.29, 0.717) is 6.42 Å². The van der Waals surface area contributed by atoms with Crippen LogP contribution in [0.4, 0.5) is 0 Å². The lowest BCUT2D eigenvalue weighted by atomic mass is 10.1. The molecule has 3 unspecified atom stereocenters. The number of phosphoric acid groups is 2. The molecule has 0 aliphatic carbocycles. The molecule has 0 aromatic heterocycles. The van der Waals surface area contributed by atoms with E-state index in [1.165, 1.54) is 6.92 Å². The van der Waals surface area contributed by atoms with Crippen molar-refractivity contribution in [3.63, 3.8) is 0 Å². The van der Waals surface area contributed by atoms with Crippen LogP contribution in [0.3, 0.4) is 0 Å². The van der Waals surface area contributed by atoms with E-state index < -0.39 is 46.7 Å². The molecule has 1 rings (SSSR count). The van der Waals surface area contributed by atoms with E-state index in [0.717, 1.165) is 32.8 Å². The molecule has 1 saturated heterocycles. The molecular weight excluding hydrogens is 390 g/mol. The summed E-state index contributed by atoms with van der Waals surface area (Å²) < 4.78 is 47.8. The molecule has 0 aromatic carbocycles. The van der Waals surface area contributed by atoms with Gasteiger partial charge in [-0.25, -0.2) is 9.13 Å². The van der Waals surface area contributed by atoms with Crippen molar-refractivity contribution in [2.75, 3.05) is 20.3 Å². The molecule has 0 radical (unpaired) electrons. The molecule has 1 aliphatic heterocycles. The Morgan fingerprint density at radius 3 is 2.31 bits per heavy atom. The molecule has 6 atom stereocenters. The normalized spacial score (nSPS) is 30.8. The fraction of sp³-hybridized carbons (Fsp3) is 1.00. The smallest absolute Gasteiger partial charge is 0.388 e. The zero-order chi connectivity index (χ0) is 19.8. The Hall–Kier alpha value is 0.140. The predicted octanol–water partition coefficient (Wildman–Crippen LogP) is 2.37. The van der Waals surface area contributed by atoms with Gasteiger partial charge in [-0.1, -0.05) is 32.6 Å². The van der Waals surface area contributed by atoms with Crippen molar-refractivity contribution >= 4 is 15.6 Å². The fourth-order valence-corrected chi connectivity index (χ4v) is 3.90. The van der Waals surface area contributed by atoms with Crippen molar-refractivity contribution in [2.24, 2.45) is 0 Å². The minimum Gasteiger partial charge on any atom is -0.388 e. The Morgan fingerprint density at radius 1 is 1.04 bits per heavy atom. The van der Waals surface area contributed by atoms with Crippen LogP contribution in [0.5, 0.6) is 0 Å². The first kappa shape index (κ1) is 24.2. The van der Waals surface area contributed by atoms with Crippen LogP contribution in [0.15, 0.2) is 0 Å². The van der Waals surface area contributed by atoms with E-state index in [1.807, 2.05) is 0 Å². The average Bonchev–Trinajstić information content (AvgIpc) is 2.83. The van der Waals surface area contributed by atoms with Crippen LogP contribution in [0.2, 0.25) is 0 Å². The van der Waals surface area contributed by atoms with Crippen molar-refractivity contribution in [3.05, 3.63) is 0 Å². The molecule has 0 amide bonds. The van der Waals surface area contributed by atoms with Crippen molar-refractivity contribution in [1.29, 1.82) is 0 Å². The number of unbranched alkanes of at least 4 members (excludes halogenated alkanes) is 4. The summed E-state index contributed by atoms with van der Waals surface area (Å²) in [6, 6.07) is 0. The number of aliphatic hydroxyl groups excluding tert-OH is 1. The zero-order valence-corrected chi connectivity index (χ0v) is 17.1. The lowest BCUT2D eigenvalue weighted by molar-refractivity contribution is -0.0202. The van der Waals surface area contributed by atoms with Crippen LogP contribution < -0.4 is 0 Å². The van der Waals surface area contributed by atoms with Gasteiger partial charge in [0, 0.05) is 7.11 Å². The highest BCUT2D eigenvalue weighted by Crippen LogP contribution is 2.48. The summed E-state index contributed by atoms with van der Waals surface area (Å²) in [5, 5.41) is 10.1. The van der Waals surface area contributed by atoms with Crippen molar-refractivity contribution in [2.45, 2.75) is 70.4 Å². The quantitative estimate of drug-likeness (QED) is 0.300. The molecule has 3 N–H and O–H groups in total. The van der Waals surface area contributed by atoms with Crippen molar-refractivity contribution in [3.8, 4) is 0 Å². The number of rotatable bonds is 13. The average molecular weight is 420 g/mol. The standard InChI is InChI=1S/C14H30O10P2/c1-4-5-6-7-8-9-21-26(18,19)24-14-12(23-11(2)13(14)15)10-22-25(16,17)20-3/h11-15H,4-10H2,1-3H3,(H,16,17)(H,18,19)/t11-,12+,13+,14?/m0/s1. The predicted molar refractivity (Wildman–Crippen MR) is 92.5 cm³/mol. The monoisotopic (exact) mass is 420 g/mol. The van der Waals surface area contributed by atoms with Crippen LogP contribution in [0, 0.1) is 0 Å². The minimum atomic E-state index is -4.43. The molecule has 1 fully saturated rings. The fourth-order valence-electron chi connectivity index (χ4n) is 2.48. The Labute approximate surface area is 154 Å². The van der Waals surface area contributed by atoms with Gasteiger partial charge in [-0.2, -0.15) is 0 Å². The van der Waals surface area contributed by atoms with Gasteiger partial charge in [-0.3, -0.25) is 18.1 Å². The van der Waals surface area contributed by atoms with Gasteiger partial charge in [-0.15, -0.1) is 0 Å². The minimum absolute atomic E-state index is 0.0490. The molecule has 1 aliphatic rings. The topological polar surface area (TPSA) is 141 Å². The van der Waals surface area contributed by atoms with Gasteiger partial charge in [0.1, 0.15) is 18.3 Å². The molecule has 12 heteroatoms. The van der Waals surface area contributed by atoms with Crippen LogP contribution >= 0.6 is 15.6 Å². The van der Waals surface area contributed by atoms with Gasteiger partial charge in [0.25, 0.3) is 0 Å². The van der Waals surface area contributed by atoms with E-state index in [9.17, 15) is 24.0 Å². The van der Waals surface area contributed by atoms with E-state index in [4.69, 9.17) is 18.3 Å². The highest BCUT2D eigenvalue weighted by molar-refractivity contribution is 7.47. The first-order valence-electron chi connectivity index (χ1n) is 8.64. The maximum absolute atomic E-state index is 12.1. The van der Waals surface area contributed by atoms with Crippen LogP contribution in [0.1, 0.15) is 46.0 Å². The first-order chi connectivity index (χ1) is 12.1. The first-order valence-corrected chi connectivity index (χ1v) is 11.6. The van der Waals surface area contributed by atoms with Crippen LogP contribution in [0.25, 0.3) is 0 Å². The number of phosphoric ester groups is 2. The van der Waals surface area contributed by atoms with Gasteiger partial charge in [0.15, 0.2) is 0 Å². The van der Waals surface area contributed by atoms with E-state index in [-0.39, 0.29) is 6.61 Å². The molecular formula is C14H30O10P2.